The molecule has 0 fully saturated rings. The highest BCUT2D eigenvalue weighted by Gasteiger charge is 2.06. The van der Waals surface area contributed by atoms with Crippen molar-refractivity contribution in [1.82, 2.24) is 9.97 Å². The molecule has 0 aliphatic heterocycles. The molecule has 0 bridgehead atoms. The molecular weight excluding hydrogens is 446 g/mol. The van der Waals surface area contributed by atoms with Gasteiger partial charge in [-0.15, -0.1) is 0 Å². The molecule has 35 heavy (non-hydrogen) atoms. The molecule has 0 aliphatic carbocycles. The summed E-state index contributed by atoms with van der Waals surface area (Å²) in [7, 11) is 0. The maximum absolute atomic E-state index is 11.0. The van der Waals surface area contributed by atoms with Gasteiger partial charge in [-0.3, -0.25) is 20.2 Å². The molecule has 172 valence electrons. The van der Waals surface area contributed by atoms with Crippen LogP contribution >= 0.6 is 0 Å². The summed E-state index contributed by atoms with van der Waals surface area (Å²) in [5.41, 5.74) is 3.27. The Labute approximate surface area is 200 Å². The first-order valence-corrected chi connectivity index (χ1v) is 10.5. The SMILES string of the molecule is O=[N+]([O-])c1cccc(C=Cc2cc(C=Cc3cccc([N+](=O)[O-])c3)nc(Nc3ccccc3)n2)c1. The molecule has 9 nitrogen and oxygen atoms in total. The maximum atomic E-state index is 11.0. The van der Waals surface area contributed by atoms with Gasteiger partial charge in [0.05, 0.1) is 21.2 Å². The van der Waals surface area contributed by atoms with Crippen molar-refractivity contribution < 1.29 is 9.85 Å². The fraction of sp³-hybridized carbons (Fsp3) is 0. The Bertz CT molecular complexity index is 1350. The maximum Gasteiger partial charge on any atom is 0.270 e. The van der Waals surface area contributed by atoms with Gasteiger partial charge >= 0.3 is 0 Å². The van der Waals surface area contributed by atoms with E-state index >= 15 is 0 Å². The van der Waals surface area contributed by atoms with Crippen LogP contribution < -0.4 is 5.32 Å². The number of benzene rings is 3. The van der Waals surface area contributed by atoms with Crippen LogP contribution in [0.3, 0.4) is 0 Å². The third-order valence-corrected chi connectivity index (χ3v) is 4.85. The van der Waals surface area contributed by atoms with E-state index in [0.717, 1.165) is 5.69 Å². The number of nitrogens with zero attached hydrogens (tertiary/aromatic N) is 4. The summed E-state index contributed by atoms with van der Waals surface area (Å²) in [6, 6.07) is 23.8. The number of hydrogen-bond donors (Lipinski definition) is 1. The molecule has 0 unspecified atom stereocenters. The van der Waals surface area contributed by atoms with Crippen molar-refractivity contribution in [2.45, 2.75) is 0 Å². The van der Waals surface area contributed by atoms with Gasteiger partial charge < -0.3 is 5.32 Å². The molecule has 4 rings (SSSR count). The molecular formula is C26H19N5O4. The lowest BCUT2D eigenvalue weighted by Gasteiger charge is -2.07. The molecule has 3 aromatic carbocycles. The van der Waals surface area contributed by atoms with E-state index in [4.69, 9.17) is 0 Å². The van der Waals surface area contributed by atoms with Crippen molar-refractivity contribution in [2.24, 2.45) is 0 Å². The number of rotatable bonds is 8. The molecule has 0 radical (unpaired) electrons. The smallest absolute Gasteiger partial charge is 0.270 e. The van der Waals surface area contributed by atoms with Gasteiger partial charge in [-0.1, -0.05) is 54.6 Å². The zero-order valence-corrected chi connectivity index (χ0v) is 18.3. The van der Waals surface area contributed by atoms with Crippen LogP contribution in [0.1, 0.15) is 22.5 Å². The number of nitro groups is 2. The van der Waals surface area contributed by atoms with Gasteiger partial charge in [0, 0.05) is 30.0 Å². The molecule has 1 heterocycles. The quantitative estimate of drug-likeness (QED) is 0.236. The fourth-order valence-electron chi connectivity index (χ4n) is 3.21. The summed E-state index contributed by atoms with van der Waals surface area (Å²) < 4.78 is 0. The normalized spacial score (nSPS) is 11.1. The Morgan fingerprint density at radius 2 is 1.14 bits per heavy atom. The highest BCUT2D eigenvalue weighted by atomic mass is 16.6. The Hall–Kier alpha value is -5.18. The van der Waals surface area contributed by atoms with Crippen molar-refractivity contribution in [2.75, 3.05) is 5.32 Å². The van der Waals surface area contributed by atoms with Crippen molar-refractivity contribution >= 4 is 47.3 Å². The number of non-ortho nitro benzene ring substituents is 2. The van der Waals surface area contributed by atoms with Crippen molar-refractivity contribution in [1.29, 1.82) is 0 Å². The summed E-state index contributed by atoms with van der Waals surface area (Å²) in [4.78, 5) is 30.3. The number of hydrogen-bond acceptors (Lipinski definition) is 7. The molecule has 0 saturated carbocycles. The van der Waals surface area contributed by atoms with E-state index in [-0.39, 0.29) is 11.4 Å². The summed E-state index contributed by atoms with van der Waals surface area (Å²) in [6.45, 7) is 0. The first-order chi connectivity index (χ1) is 17.0. The minimum absolute atomic E-state index is 0.00171. The Balaban J connectivity index is 1.66. The standard InChI is InChI=1S/C26H19N5O4/c32-30(33)24-10-4-6-19(16-24)12-14-22-18-23(15-13-20-7-5-11-25(17-20)31(34)35)29-26(28-22)27-21-8-2-1-3-9-21/h1-18H,(H,27,28,29). The Kier molecular flexibility index (Phi) is 6.98. The summed E-state index contributed by atoms with van der Waals surface area (Å²) in [5, 5.41) is 25.3. The lowest BCUT2D eigenvalue weighted by molar-refractivity contribution is -0.385. The molecule has 1 aromatic heterocycles. The van der Waals surface area contributed by atoms with Gasteiger partial charge in [0.2, 0.25) is 5.95 Å². The van der Waals surface area contributed by atoms with Crippen LogP contribution in [0.15, 0.2) is 84.9 Å². The van der Waals surface area contributed by atoms with Gasteiger partial charge in [-0.05, 0) is 41.5 Å². The number of para-hydroxylation sites is 1. The highest BCUT2D eigenvalue weighted by molar-refractivity contribution is 5.74. The zero-order chi connectivity index (χ0) is 24.6. The minimum atomic E-state index is -0.444. The second-order valence-corrected chi connectivity index (χ2v) is 7.40. The van der Waals surface area contributed by atoms with Crippen LogP contribution in [0.4, 0.5) is 23.0 Å². The van der Waals surface area contributed by atoms with Crippen LogP contribution in [-0.4, -0.2) is 19.8 Å². The molecule has 0 aliphatic rings. The molecule has 0 atom stereocenters. The number of aromatic nitrogens is 2. The van der Waals surface area contributed by atoms with Gasteiger partial charge in [0.1, 0.15) is 0 Å². The summed E-state index contributed by atoms with van der Waals surface area (Å²) in [5.74, 6) is 0.357. The van der Waals surface area contributed by atoms with Crippen LogP contribution in [0.25, 0.3) is 24.3 Å². The monoisotopic (exact) mass is 465 g/mol. The number of anilines is 2. The van der Waals surface area contributed by atoms with E-state index in [1.807, 2.05) is 30.3 Å². The van der Waals surface area contributed by atoms with Gasteiger partial charge in [0.25, 0.3) is 11.4 Å². The fourth-order valence-corrected chi connectivity index (χ4v) is 3.21. The average molecular weight is 465 g/mol. The lowest BCUT2D eigenvalue weighted by atomic mass is 10.1. The molecule has 9 heteroatoms. The number of nitrogens with one attached hydrogen (secondary N) is 1. The van der Waals surface area contributed by atoms with Gasteiger partial charge in [-0.25, -0.2) is 9.97 Å². The molecule has 1 N–H and O–H groups in total. The predicted molar refractivity (Wildman–Crippen MR) is 136 cm³/mol. The van der Waals surface area contributed by atoms with Crippen LogP contribution in [0.5, 0.6) is 0 Å². The van der Waals surface area contributed by atoms with Crippen LogP contribution in [0, 0.1) is 20.2 Å². The van der Waals surface area contributed by atoms with Crippen molar-refractivity contribution in [3.05, 3.63) is 128 Å². The summed E-state index contributed by atoms with van der Waals surface area (Å²) in [6.07, 6.45) is 6.94. The average Bonchev–Trinajstić information content (AvgIpc) is 2.87. The predicted octanol–water partition coefficient (Wildman–Crippen LogP) is 6.38. The highest BCUT2D eigenvalue weighted by Crippen LogP contribution is 2.19. The van der Waals surface area contributed by atoms with Gasteiger partial charge in [-0.2, -0.15) is 0 Å². The van der Waals surface area contributed by atoms with E-state index in [1.165, 1.54) is 24.3 Å². The topological polar surface area (TPSA) is 124 Å². The van der Waals surface area contributed by atoms with E-state index in [2.05, 4.69) is 15.3 Å². The van der Waals surface area contributed by atoms with Gasteiger partial charge in [0.15, 0.2) is 0 Å². The zero-order valence-electron chi connectivity index (χ0n) is 18.3. The van der Waals surface area contributed by atoms with Crippen LogP contribution in [-0.2, 0) is 0 Å². The van der Waals surface area contributed by atoms with E-state index < -0.39 is 9.85 Å². The first kappa shape index (κ1) is 23.0. The third-order valence-electron chi connectivity index (χ3n) is 4.85. The molecule has 0 spiro atoms. The molecule has 0 saturated heterocycles. The Morgan fingerprint density at radius 1 is 0.629 bits per heavy atom. The minimum Gasteiger partial charge on any atom is -0.324 e. The number of nitro benzene ring substituents is 2. The second kappa shape index (κ2) is 10.6. The lowest BCUT2D eigenvalue weighted by Crippen LogP contribution is -2.00. The van der Waals surface area contributed by atoms with Crippen LogP contribution in [0.2, 0.25) is 0 Å². The van der Waals surface area contributed by atoms with E-state index in [9.17, 15) is 20.2 Å². The van der Waals surface area contributed by atoms with Crippen molar-refractivity contribution in [3.8, 4) is 0 Å². The molecule has 4 aromatic rings. The third kappa shape index (κ3) is 6.42. The van der Waals surface area contributed by atoms with Crippen molar-refractivity contribution in [3.63, 3.8) is 0 Å². The Morgan fingerprint density at radius 3 is 1.63 bits per heavy atom. The summed E-state index contributed by atoms with van der Waals surface area (Å²) >= 11 is 0. The largest absolute Gasteiger partial charge is 0.324 e. The second-order valence-electron chi connectivity index (χ2n) is 7.40. The van der Waals surface area contributed by atoms with E-state index in [0.29, 0.717) is 28.5 Å². The first-order valence-electron chi connectivity index (χ1n) is 10.5. The van der Waals surface area contributed by atoms with E-state index in [1.54, 1.807) is 54.6 Å². The molecule has 0 amide bonds.